The van der Waals surface area contributed by atoms with Gasteiger partial charge in [-0.05, 0) is 30.2 Å². The predicted molar refractivity (Wildman–Crippen MR) is 145 cm³/mol. The second kappa shape index (κ2) is 11.7. The molecule has 0 aliphatic carbocycles. The third kappa shape index (κ3) is 6.51. The third-order valence-electron chi connectivity index (χ3n) is 5.54. The number of ether oxygens (including phenoxy) is 1. The highest BCUT2D eigenvalue weighted by Gasteiger charge is 2.24. The van der Waals surface area contributed by atoms with Crippen molar-refractivity contribution in [3.05, 3.63) is 53.0 Å². The first-order valence-corrected chi connectivity index (χ1v) is 15.2. The summed E-state index contributed by atoms with van der Waals surface area (Å²) in [7, 11) is 3.50. The van der Waals surface area contributed by atoms with Crippen molar-refractivity contribution >= 4 is 67.1 Å². The Morgan fingerprint density at radius 3 is 2.80 bits per heavy atom. The van der Waals surface area contributed by atoms with Gasteiger partial charge < -0.3 is 15.0 Å². The number of carbonyl (C=O) groups is 1. The molecule has 1 unspecified atom stereocenters. The van der Waals surface area contributed by atoms with E-state index in [0.29, 0.717) is 41.2 Å². The number of morpholine rings is 1. The fraction of sp³-hybridized carbons (Fsp3) is 0.333. The number of nitrogens with one attached hydrogen (secondary N) is 1. The molecule has 3 aromatic rings. The number of anilines is 3. The Morgan fingerprint density at radius 2 is 2.09 bits per heavy atom. The van der Waals surface area contributed by atoms with Crippen LogP contribution in [0.5, 0.6) is 0 Å². The summed E-state index contributed by atoms with van der Waals surface area (Å²) in [5.41, 5.74) is 2.12. The molecule has 35 heavy (non-hydrogen) atoms. The van der Waals surface area contributed by atoms with Crippen LogP contribution >= 0.6 is 44.7 Å². The van der Waals surface area contributed by atoms with Crippen LogP contribution in [-0.2, 0) is 16.0 Å². The number of Topliss-reactive ketones (excluding diaryl/α,β-unsaturated/α-hetero) is 1. The summed E-state index contributed by atoms with van der Waals surface area (Å²) >= 11 is 2.88. The topological polar surface area (TPSA) is 91.1 Å². The van der Waals surface area contributed by atoms with Crippen LogP contribution in [-0.4, -0.2) is 53.1 Å². The molecule has 2 aromatic heterocycles. The monoisotopic (exact) mass is 541 g/mol. The van der Waals surface area contributed by atoms with E-state index in [1.165, 1.54) is 11.3 Å². The van der Waals surface area contributed by atoms with Crippen molar-refractivity contribution in [1.82, 2.24) is 9.97 Å². The quantitative estimate of drug-likeness (QED) is 0.373. The zero-order valence-corrected chi connectivity index (χ0v) is 22.1. The lowest BCUT2D eigenvalue weighted by molar-refractivity contribution is -0.117. The molecule has 4 heterocycles. The minimum Gasteiger partial charge on any atom is -0.378 e. The molecule has 7 nitrogen and oxygen atoms in total. The smallest absolute Gasteiger partial charge is 0.189 e. The Morgan fingerprint density at radius 1 is 1.26 bits per heavy atom. The third-order valence-corrected chi connectivity index (χ3v) is 10.2. The molecule has 0 amide bonds. The van der Waals surface area contributed by atoms with Gasteiger partial charge in [-0.2, -0.15) is 5.26 Å². The van der Waals surface area contributed by atoms with Gasteiger partial charge in [0.25, 0.3) is 0 Å². The normalized spacial score (nSPS) is 17.8. The van der Waals surface area contributed by atoms with Gasteiger partial charge in [-0.25, -0.2) is 9.97 Å². The van der Waals surface area contributed by atoms with Crippen LogP contribution in [0, 0.1) is 11.3 Å². The van der Waals surface area contributed by atoms with Crippen LogP contribution in [0.1, 0.15) is 16.9 Å². The van der Waals surface area contributed by atoms with Crippen LogP contribution in [0.4, 0.5) is 16.6 Å². The van der Waals surface area contributed by atoms with E-state index in [-0.39, 0.29) is 5.25 Å². The summed E-state index contributed by atoms with van der Waals surface area (Å²) in [6, 6.07) is 14.4. The van der Waals surface area contributed by atoms with Crippen LogP contribution in [0.2, 0.25) is 0 Å². The number of benzene rings is 1. The van der Waals surface area contributed by atoms with Crippen molar-refractivity contribution < 1.29 is 9.53 Å². The van der Waals surface area contributed by atoms with E-state index in [2.05, 4.69) is 39.5 Å². The first-order chi connectivity index (χ1) is 17.2. The molecule has 180 valence electrons. The molecule has 0 saturated carbocycles. The van der Waals surface area contributed by atoms with Crippen LogP contribution in [0.15, 0.2) is 52.5 Å². The first-order valence-electron chi connectivity index (χ1n) is 11.2. The molecule has 2 fully saturated rings. The Balaban J connectivity index is 1.32. The van der Waals surface area contributed by atoms with Crippen LogP contribution in [0.25, 0.3) is 0 Å². The maximum atomic E-state index is 12.5. The molecular weight excluding hydrogens is 519 g/mol. The van der Waals surface area contributed by atoms with E-state index in [9.17, 15) is 4.79 Å². The number of nitriles is 1. The average Bonchev–Trinajstić information content (AvgIpc) is 3.58. The number of carbonyl (C=O) groups excluding carboxylic acids is 1. The fourth-order valence-corrected chi connectivity index (χ4v) is 8.05. The molecule has 2 aliphatic rings. The Bertz CT molecular complexity index is 1220. The average molecular weight is 542 g/mol. The predicted octanol–water partition coefficient (Wildman–Crippen LogP) is 5.41. The lowest BCUT2D eigenvalue weighted by Gasteiger charge is -2.29. The summed E-state index contributed by atoms with van der Waals surface area (Å²) in [6.45, 7) is 3.04. The lowest BCUT2D eigenvalue weighted by Crippen LogP contribution is -2.36. The van der Waals surface area contributed by atoms with Gasteiger partial charge in [0, 0.05) is 41.9 Å². The lowest BCUT2D eigenvalue weighted by atomic mass is 10.1. The van der Waals surface area contributed by atoms with E-state index in [4.69, 9.17) is 15.0 Å². The van der Waals surface area contributed by atoms with Crippen LogP contribution < -0.4 is 10.2 Å². The zero-order chi connectivity index (χ0) is 24.0. The van der Waals surface area contributed by atoms with Gasteiger partial charge in [0.15, 0.2) is 10.9 Å². The van der Waals surface area contributed by atoms with Crippen molar-refractivity contribution in [2.45, 2.75) is 28.0 Å². The minimum atomic E-state index is 0.133. The Hall–Kier alpha value is -2.23. The fourth-order valence-electron chi connectivity index (χ4n) is 3.76. The number of thiazole rings is 1. The first kappa shape index (κ1) is 24.5. The highest BCUT2D eigenvalue weighted by molar-refractivity contribution is 8.77. The number of rotatable bonds is 8. The molecule has 1 atom stereocenters. The van der Waals surface area contributed by atoms with E-state index in [0.717, 1.165) is 46.4 Å². The zero-order valence-electron chi connectivity index (χ0n) is 18.8. The Kier molecular flexibility index (Phi) is 8.16. The van der Waals surface area contributed by atoms with Gasteiger partial charge in [0.2, 0.25) is 0 Å². The summed E-state index contributed by atoms with van der Waals surface area (Å²) in [6.07, 6.45) is 3.02. The van der Waals surface area contributed by atoms with Crippen molar-refractivity contribution in [3.63, 3.8) is 0 Å². The molecule has 2 saturated heterocycles. The van der Waals surface area contributed by atoms with Crippen molar-refractivity contribution in [2.75, 3.05) is 42.3 Å². The number of hydrogen-bond donors (Lipinski definition) is 1. The molecular formula is C24H23N5O2S4. The van der Waals surface area contributed by atoms with E-state index in [1.54, 1.807) is 39.5 Å². The van der Waals surface area contributed by atoms with E-state index in [1.807, 2.05) is 18.2 Å². The number of hydrogen-bond acceptors (Lipinski definition) is 11. The molecule has 5 rings (SSSR count). The minimum absolute atomic E-state index is 0.133. The van der Waals surface area contributed by atoms with Gasteiger partial charge in [-0.3, -0.25) is 4.79 Å². The van der Waals surface area contributed by atoms with E-state index >= 15 is 0 Å². The SMILES string of the molecule is N#Cc1cnc(Nc2cc(N3CCOCC3)cc(Sc3ccc(CC(=O)C4CCSS4)cc3)n2)s1. The largest absolute Gasteiger partial charge is 0.378 e. The highest BCUT2D eigenvalue weighted by Crippen LogP contribution is 2.38. The van der Waals surface area contributed by atoms with Gasteiger partial charge in [0.05, 0.1) is 24.7 Å². The van der Waals surface area contributed by atoms with Gasteiger partial charge >= 0.3 is 0 Å². The second-order valence-electron chi connectivity index (χ2n) is 8.00. The second-order valence-corrected chi connectivity index (χ2v) is 12.8. The van der Waals surface area contributed by atoms with E-state index < -0.39 is 0 Å². The van der Waals surface area contributed by atoms with Crippen molar-refractivity contribution in [2.24, 2.45) is 0 Å². The van der Waals surface area contributed by atoms with Crippen LogP contribution in [0.3, 0.4) is 0 Å². The molecule has 1 aromatic carbocycles. The molecule has 0 bridgehead atoms. The molecule has 2 aliphatic heterocycles. The summed E-state index contributed by atoms with van der Waals surface area (Å²) < 4.78 is 5.52. The van der Waals surface area contributed by atoms with Gasteiger partial charge in [-0.1, -0.05) is 56.8 Å². The molecule has 1 N–H and O–H groups in total. The number of pyridine rings is 1. The Labute approximate surface area is 220 Å². The van der Waals surface area contributed by atoms with Crippen molar-refractivity contribution in [3.8, 4) is 6.07 Å². The molecule has 0 spiro atoms. The maximum absolute atomic E-state index is 12.5. The molecule has 11 heteroatoms. The maximum Gasteiger partial charge on any atom is 0.189 e. The number of ketones is 1. The van der Waals surface area contributed by atoms with Gasteiger partial charge in [-0.15, -0.1) is 0 Å². The molecule has 0 radical (unpaired) electrons. The number of nitrogens with zero attached hydrogens (tertiary/aromatic N) is 4. The highest BCUT2D eigenvalue weighted by atomic mass is 33.1. The standard InChI is InChI=1S/C24H23N5O2S4/c25-14-19-15-26-24(34-19)28-22-12-17(29-6-8-31-9-7-29)13-23(27-22)33-18-3-1-16(2-4-18)11-20(30)21-5-10-32-35-21/h1-4,12-13,15,21H,5-11H2,(H,26,27,28). The summed E-state index contributed by atoms with van der Waals surface area (Å²) in [5, 5.41) is 14.0. The summed E-state index contributed by atoms with van der Waals surface area (Å²) in [4.78, 5) is 25.5. The number of aromatic nitrogens is 2. The van der Waals surface area contributed by atoms with Gasteiger partial charge in [0.1, 0.15) is 21.8 Å². The summed E-state index contributed by atoms with van der Waals surface area (Å²) in [5.74, 6) is 2.06. The van der Waals surface area contributed by atoms with Crippen molar-refractivity contribution in [1.29, 1.82) is 5.26 Å².